The first-order chi connectivity index (χ1) is 16.0. The van der Waals surface area contributed by atoms with Crippen LogP contribution in [0.25, 0.3) is 0 Å². The van der Waals surface area contributed by atoms with Gasteiger partial charge in [-0.05, 0) is 25.0 Å². The van der Waals surface area contributed by atoms with Gasteiger partial charge in [-0.2, -0.15) is 0 Å². The van der Waals surface area contributed by atoms with Gasteiger partial charge < -0.3 is 0 Å². The van der Waals surface area contributed by atoms with Gasteiger partial charge in [-0.3, -0.25) is 10.1 Å². The Bertz CT molecular complexity index is 1280. The number of carbonyl (C=O) groups excluding carboxylic acids is 1. The highest BCUT2D eigenvalue weighted by Crippen LogP contribution is 2.29. The molecule has 2 aromatic heterocycles. The zero-order valence-electron chi connectivity index (χ0n) is 17.9. The standard InChI is InChI=1S/C23H20ClN5OS3/c1-14-5-3-7-16(9-14)12-31-21-25-11-18(24)19(26-21)20(30)27-22-28-29-23(33-22)32-13-17-8-4-6-15(2)10-17/h3-11H,12-13H2,1-2H3,(H,27,28,30). The molecule has 0 aliphatic heterocycles. The molecule has 2 aromatic carbocycles. The molecule has 0 saturated carbocycles. The minimum Gasteiger partial charge on any atom is -0.295 e. The molecule has 0 aliphatic carbocycles. The fourth-order valence-corrected chi connectivity index (χ4v) is 5.58. The number of thioether (sulfide) groups is 2. The summed E-state index contributed by atoms with van der Waals surface area (Å²) in [6.07, 6.45) is 1.45. The number of anilines is 1. The molecule has 0 unspecified atom stereocenters. The minimum absolute atomic E-state index is 0.113. The van der Waals surface area contributed by atoms with E-state index in [1.54, 1.807) is 11.8 Å². The second kappa shape index (κ2) is 11.1. The van der Waals surface area contributed by atoms with E-state index in [1.165, 1.54) is 46.0 Å². The lowest BCUT2D eigenvalue weighted by atomic mass is 10.2. The van der Waals surface area contributed by atoms with Crippen molar-refractivity contribution in [1.82, 2.24) is 20.2 Å². The molecule has 4 rings (SSSR count). The Kier molecular flexibility index (Phi) is 7.97. The molecule has 0 bridgehead atoms. The van der Waals surface area contributed by atoms with Crippen LogP contribution in [-0.2, 0) is 11.5 Å². The van der Waals surface area contributed by atoms with Crippen LogP contribution in [0.15, 0.2) is 64.2 Å². The lowest BCUT2D eigenvalue weighted by Crippen LogP contribution is -2.15. The number of nitrogens with zero attached hydrogens (tertiary/aromatic N) is 4. The third-order valence-electron chi connectivity index (χ3n) is 4.46. The Morgan fingerprint density at radius 3 is 2.33 bits per heavy atom. The highest BCUT2D eigenvalue weighted by atomic mass is 35.5. The number of halogens is 1. The first kappa shape index (κ1) is 23.7. The first-order valence-corrected chi connectivity index (χ1v) is 13.2. The fourth-order valence-electron chi connectivity index (χ4n) is 2.95. The molecule has 6 nitrogen and oxygen atoms in total. The molecule has 0 atom stereocenters. The number of nitrogens with one attached hydrogen (secondary N) is 1. The Morgan fingerprint density at radius 2 is 1.67 bits per heavy atom. The lowest BCUT2D eigenvalue weighted by molar-refractivity contribution is 0.102. The van der Waals surface area contributed by atoms with Crippen molar-refractivity contribution < 1.29 is 4.79 Å². The summed E-state index contributed by atoms with van der Waals surface area (Å²) < 4.78 is 0.773. The van der Waals surface area contributed by atoms with Gasteiger partial charge in [0.2, 0.25) is 5.13 Å². The van der Waals surface area contributed by atoms with Crippen LogP contribution < -0.4 is 5.32 Å². The molecular formula is C23H20ClN5OS3. The predicted molar refractivity (Wildman–Crippen MR) is 136 cm³/mol. The average molecular weight is 514 g/mol. The van der Waals surface area contributed by atoms with Gasteiger partial charge in [0.1, 0.15) is 0 Å². The van der Waals surface area contributed by atoms with Crippen LogP contribution in [0.4, 0.5) is 5.13 Å². The maximum absolute atomic E-state index is 12.8. The number of amides is 1. The number of aryl methyl sites for hydroxylation is 2. The van der Waals surface area contributed by atoms with Gasteiger partial charge in [0, 0.05) is 11.5 Å². The van der Waals surface area contributed by atoms with Gasteiger partial charge in [0.15, 0.2) is 15.2 Å². The summed E-state index contributed by atoms with van der Waals surface area (Å²) in [5.41, 5.74) is 4.90. The van der Waals surface area contributed by atoms with Crippen molar-refractivity contribution in [2.45, 2.75) is 34.8 Å². The monoisotopic (exact) mass is 513 g/mol. The zero-order chi connectivity index (χ0) is 23.2. The molecule has 168 valence electrons. The van der Waals surface area contributed by atoms with E-state index in [2.05, 4.69) is 69.7 Å². The maximum atomic E-state index is 12.8. The molecule has 0 fully saturated rings. The summed E-state index contributed by atoms with van der Waals surface area (Å²) in [4.78, 5) is 21.4. The molecule has 33 heavy (non-hydrogen) atoms. The van der Waals surface area contributed by atoms with Crippen molar-refractivity contribution in [2.24, 2.45) is 0 Å². The summed E-state index contributed by atoms with van der Waals surface area (Å²) in [5.74, 6) is 1.04. The lowest BCUT2D eigenvalue weighted by Gasteiger charge is -2.06. The van der Waals surface area contributed by atoms with Crippen molar-refractivity contribution in [3.05, 3.63) is 87.7 Å². The predicted octanol–water partition coefficient (Wildman–Crippen LogP) is 6.44. The summed E-state index contributed by atoms with van der Waals surface area (Å²) >= 11 is 10.5. The number of rotatable bonds is 8. The molecular weight excluding hydrogens is 494 g/mol. The van der Waals surface area contributed by atoms with E-state index >= 15 is 0 Å². The van der Waals surface area contributed by atoms with E-state index < -0.39 is 5.91 Å². The number of aromatic nitrogens is 4. The van der Waals surface area contributed by atoms with Gasteiger partial charge in [-0.15, -0.1) is 10.2 Å². The van der Waals surface area contributed by atoms with Crippen LogP contribution in [0.3, 0.4) is 0 Å². The Morgan fingerprint density at radius 1 is 1.00 bits per heavy atom. The molecule has 1 amide bonds. The third-order valence-corrected chi connectivity index (χ3v) is 7.71. The van der Waals surface area contributed by atoms with Crippen LogP contribution in [0.5, 0.6) is 0 Å². The molecule has 0 radical (unpaired) electrons. The van der Waals surface area contributed by atoms with Gasteiger partial charge in [0.25, 0.3) is 5.91 Å². The molecule has 0 saturated heterocycles. The topological polar surface area (TPSA) is 80.7 Å². The van der Waals surface area contributed by atoms with Gasteiger partial charge in [0.05, 0.1) is 11.2 Å². The second-order valence-electron chi connectivity index (χ2n) is 7.23. The molecule has 10 heteroatoms. The third kappa shape index (κ3) is 6.77. The van der Waals surface area contributed by atoms with Gasteiger partial charge in [-0.1, -0.05) is 106 Å². The van der Waals surface area contributed by atoms with Crippen LogP contribution in [0, 0.1) is 13.8 Å². The summed E-state index contributed by atoms with van der Waals surface area (Å²) in [6, 6.07) is 16.6. The van der Waals surface area contributed by atoms with Crippen LogP contribution in [-0.4, -0.2) is 26.1 Å². The SMILES string of the molecule is Cc1cccc(CSc2ncc(Cl)c(C(=O)Nc3nnc(SCc4cccc(C)c4)s3)n2)c1. The van der Waals surface area contributed by atoms with E-state index in [1.807, 2.05) is 18.2 Å². The molecule has 1 N–H and O–H groups in total. The average Bonchev–Trinajstić information content (AvgIpc) is 3.24. The van der Waals surface area contributed by atoms with Crippen LogP contribution in [0.2, 0.25) is 5.02 Å². The Labute approximate surface area is 209 Å². The molecule has 4 aromatic rings. The van der Waals surface area contributed by atoms with Gasteiger partial charge >= 0.3 is 0 Å². The Hall–Kier alpha value is -2.46. The van der Waals surface area contributed by atoms with E-state index in [4.69, 9.17) is 11.6 Å². The smallest absolute Gasteiger partial charge is 0.277 e. The van der Waals surface area contributed by atoms with E-state index in [9.17, 15) is 4.79 Å². The highest BCUT2D eigenvalue weighted by Gasteiger charge is 2.17. The number of hydrogen-bond acceptors (Lipinski definition) is 8. The fraction of sp³-hybridized carbons (Fsp3) is 0.174. The molecule has 2 heterocycles. The normalized spacial score (nSPS) is 10.9. The van der Waals surface area contributed by atoms with Crippen molar-refractivity contribution >= 4 is 57.5 Å². The molecule has 0 spiro atoms. The van der Waals surface area contributed by atoms with Gasteiger partial charge in [-0.25, -0.2) is 9.97 Å². The number of carbonyl (C=O) groups is 1. The van der Waals surface area contributed by atoms with Crippen molar-refractivity contribution in [2.75, 3.05) is 5.32 Å². The summed E-state index contributed by atoms with van der Waals surface area (Å²) in [6.45, 7) is 4.12. The van der Waals surface area contributed by atoms with Crippen molar-refractivity contribution in [3.63, 3.8) is 0 Å². The zero-order valence-corrected chi connectivity index (χ0v) is 21.1. The van der Waals surface area contributed by atoms with Crippen LogP contribution >= 0.6 is 46.5 Å². The van der Waals surface area contributed by atoms with E-state index in [0.717, 1.165) is 15.7 Å². The second-order valence-corrected chi connectivity index (χ2v) is 10.8. The largest absolute Gasteiger partial charge is 0.295 e. The number of hydrogen-bond donors (Lipinski definition) is 1. The van der Waals surface area contributed by atoms with E-state index in [-0.39, 0.29) is 10.7 Å². The maximum Gasteiger partial charge on any atom is 0.277 e. The molecule has 0 aliphatic rings. The first-order valence-electron chi connectivity index (χ1n) is 10.0. The Balaban J connectivity index is 1.37. The quantitative estimate of drug-likeness (QED) is 0.165. The minimum atomic E-state index is -0.439. The van der Waals surface area contributed by atoms with E-state index in [0.29, 0.717) is 16.0 Å². The number of benzene rings is 2. The van der Waals surface area contributed by atoms with Crippen molar-refractivity contribution in [3.8, 4) is 0 Å². The van der Waals surface area contributed by atoms with Crippen LogP contribution in [0.1, 0.15) is 32.7 Å². The summed E-state index contributed by atoms with van der Waals surface area (Å²) in [7, 11) is 0. The van der Waals surface area contributed by atoms with Crippen molar-refractivity contribution in [1.29, 1.82) is 0 Å². The summed E-state index contributed by atoms with van der Waals surface area (Å²) in [5, 5.41) is 12.0. The highest BCUT2D eigenvalue weighted by molar-refractivity contribution is 8.00.